The zero-order chi connectivity index (χ0) is 16.8. The van der Waals surface area contributed by atoms with Crippen LogP contribution in [-0.2, 0) is 17.9 Å². The van der Waals surface area contributed by atoms with E-state index in [1.807, 2.05) is 36.7 Å². The molecule has 2 heterocycles. The molecule has 0 radical (unpaired) electrons. The molecule has 2 aromatic rings. The Morgan fingerprint density at radius 1 is 1.26 bits per heavy atom. The Morgan fingerprint density at radius 3 is 2.57 bits per heavy atom. The van der Waals surface area contributed by atoms with E-state index in [0.717, 1.165) is 29.6 Å². The fourth-order valence-electron chi connectivity index (χ4n) is 2.31. The number of hydrogen-bond acceptors (Lipinski definition) is 5. The maximum absolute atomic E-state index is 11.6. The molecule has 0 aliphatic heterocycles. The zero-order valence-electron chi connectivity index (χ0n) is 14.2. The number of carbonyl (C=O) groups excluding carboxylic acids is 1. The van der Waals surface area contributed by atoms with Gasteiger partial charge in [-0.25, -0.2) is 4.98 Å². The Morgan fingerprint density at radius 2 is 2.00 bits per heavy atom. The molecule has 0 aliphatic rings. The summed E-state index contributed by atoms with van der Waals surface area (Å²) < 4.78 is 0. The van der Waals surface area contributed by atoms with E-state index in [-0.39, 0.29) is 5.91 Å². The van der Waals surface area contributed by atoms with E-state index in [1.165, 1.54) is 11.3 Å². The van der Waals surface area contributed by atoms with Crippen molar-refractivity contribution in [3.63, 3.8) is 0 Å². The van der Waals surface area contributed by atoms with Crippen LogP contribution >= 0.6 is 11.3 Å². The predicted molar refractivity (Wildman–Crippen MR) is 94.4 cm³/mol. The van der Waals surface area contributed by atoms with Crippen LogP contribution in [0.2, 0.25) is 0 Å². The molecule has 0 saturated carbocycles. The molecule has 0 aromatic carbocycles. The Bertz CT molecular complexity index is 627. The average Bonchev–Trinajstić information content (AvgIpc) is 2.96. The van der Waals surface area contributed by atoms with Gasteiger partial charge in [-0.1, -0.05) is 6.07 Å². The van der Waals surface area contributed by atoms with E-state index in [1.54, 1.807) is 11.8 Å². The zero-order valence-corrected chi connectivity index (χ0v) is 15.0. The molecule has 124 valence electrons. The number of thiazole rings is 1. The number of rotatable bonds is 7. The van der Waals surface area contributed by atoms with Gasteiger partial charge < -0.3 is 0 Å². The van der Waals surface area contributed by atoms with Crippen LogP contribution in [0, 0.1) is 0 Å². The predicted octanol–water partition coefficient (Wildman–Crippen LogP) is 3.32. The summed E-state index contributed by atoms with van der Waals surface area (Å²) in [6.45, 7) is 10.1. The molecule has 5 nitrogen and oxygen atoms in total. The lowest BCUT2D eigenvalue weighted by molar-refractivity contribution is -0.116. The molecule has 0 bridgehead atoms. The lowest BCUT2D eigenvalue weighted by atomic mass is 10.2. The Hall–Kier alpha value is -1.79. The summed E-state index contributed by atoms with van der Waals surface area (Å²) in [7, 11) is 0. The quantitative estimate of drug-likeness (QED) is 0.780. The molecule has 0 atom stereocenters. The van der Waals surface area contributed by atoms with Crippen LogP contribution in [0.3, 0.4) is 0 Å². The molecular weight excluding hydrogens is 308 g/mol. The fourth-order valence-corrected chi connectivity index (χ4v) is 3.24. The van der Waals surface area contributed by atoms with E-state index in [2.05, 4.69) is 28.7 Å². The van der Waals surface area contributed by atoms with Crippen LogP contribution in [-0.4, -0.2) is 33.4 Å². The van der Waals surface area contributed by atoms with E-state index in [9.17, 15) is 4.79 Å². The molecule has 1 amide bonds. The van der Waals surface area contributed by atoms with Crippen LogP contribution < -0.4 is 4.90 Å². The molecule has 0 unspecified atom stereocenters. The second-order valence-electron chi connectivity index (χ2n) is 5.70. The topological polar surface area (TPSA) is 49.3 Å². The smallest absolute Gasteiger partial charge is 0.225 e. The molecular formula is C17H24N4OS. The summed E-state index contributed by atoms with van der Waals surface area (Å²) in [6.07, 6.45) is 1.82. The third-order valence-corrected chi connectivity index (χ3v) is 4.57. The molecule has 0 fully saturated rings. The first-order chi connectivity index (χ1) is 11.0. The van der Waals surface area contributed by atoms with Crippen molar-refractivity contribution in [2.24, 2.45) is 0 Å². The van der Waals surface area contributed by atoms with E-state index < -0.39 is 0 Å². The number of aromatic nitrogens is 2. The van der Waals surface area contributed by atoms with Crippen molar-refractivity contribution in [1.29, 1.82) is 0 Å². The number of amides is 1. The summed E-state index contributed by atoms with van der Waals surface area (Å²) in [5.74, 6) is 0.0302. The van der Waals surface area contributed by atoms with E-state index in [4.69, 9.17) is 0 Å². The third kappa shape index (κ3) is 4.84. The highest BCUT2D eigenvalue weighted by Gasteiger charge is 2.17. The van der Waals surface area contributed by atoms with Gasteiger partial charge in [-0.2, -0.15) is 0 Å². The fraction of sp³-hybridized carbons (Fsp3) is 0.471. The first-order valence-corrected chi connectivity index (χ1v) is 8.75. The molecule has 0 N–H and O–H groups in total. The van der Waals surface area contributed by atoms with Crippen LogP contribution in [0.25, 0.3) is 0 Å². The Kier molecular flexibility index (Phi) is 6.24. The van der Waals surface area contributed by atoms with Crippen molar-refractivity contribution in [2.45, 2.75) is 46.8 Å². The molecule has 2 rings (SSSR count). The largest absolute Gasteiger partial charge is 0.289 e. The van der Waals surface area contributed by atoms with Crippen molar-refractivity contribution < 1.29 is 4.79 Å². The van der Waals surface area contributed by atoms with Crippen molar-refractivity contribution >= 4 is 22.4 Å². The minimum Gasteiger partial charge on any atom is -0.289 e. The van der Waals surface area contributed by atoms with Crippen LogP contribution in [0.15, 0.2) is 29.8 Å². The first-order valence-electron chi connectivity index (χ1n) is 7.87. The molecule has 0 aliphatic carbocycles. The molecule has 0 saturated heterocycles. The minimum atomic E-state index is 0.0302. The maximum atomic E-state index is 11.6. The second-order valence-corrected chi connectivity index (χ2v) is 6.54. The standard InChI is InChI=1S/C17H24N4OS/c1-5-21(14(4)22)17-19-16(12-23-17)11-20(13(2)3)10-15-8-6-7-9-18-15/h6-9,12-13H,5,10-11H2,1-4H3. The van der Waals surface area contributed by atoms with Crippen LogP contribution in [0.1, 0.15) is 39.1 Å². The van der Waals surface area contributed by atoms with Crippen LogP contribution in [0.5, 0.6) is 0 Å². The van der Waals surface area contributed by atoms with Gasteiger partial charge in [-0.05, 0) is 32.9 Å². The lowest BCUT2D eigenvalue weighted by Gasteiger charge is -2.25. The highest BCUT2D eigenvalue weighted by molar-refractivity contribution is 7.14. The number of pyridine rings is 1. The second kappa shape index (κ2) is 8.17. The highest BCUT2D eigenvalue weighted by atomic mass is 32.1. The van der Waals surface area contributed by atoms with Gasteiger partial charge in [0, 0.05) is 44.2 Å². The highest BCUT2D eigenvalue weighted by Crippen LogP contribution is 2.22. The van der Waals surface area contributed by atoms with Crippen molar-refractivity contribution in [1.82, 2.24) is 14.9 Å². The monoisotopic (exact) mass is 332 g/mol. The summed E-state index contributed by atoms with van der Waals surface area (Å²) >= 11 is 1.52. The normalized spacial score (nSPS) is 11.2. The number of nitrogens with zero attached hydrogens (tertiary/aromatic N) is 4. The minimum absolute atomic E-state index is 0.0302. The Labute approximate surface area is 142 Å². The molecule has 23 heavy (non-hydrogen) atoms. The lowest BCUT2D eigenvalue weighted by Crippen LogP contribution is -2.30. The van der Waals surface area contributed by atoms with E-state index >= 15 is 0 Å². The summed E-state index contributed by atoms with van der Waals surface area (Å²) in [5, 5.41) is 2.81. The number of carbonyl (C=O) groups is 1. The van der Waals surface area contributed by atoms with Gasteiger partial charge >= 0.3 is 0 Å². The van der Waals surface area contributed by atoms with Crippen molar-refractivity contribution in [3.05, 3.63) is 41.2 Å². The van der Waals surface area contributed by atoms with Gasteiger partial charge in [0.05, 0.1) is 11.4 Å². The number of hydrogen-bond donors (Lipinski definition) is 0. The van der Waals surface area contributed by atoms with Gasteiger partial charge in [0.2, 0.25) is 5.91 Å². The van der Waals surface area contributed by atoms with Gasteiger partial charge in [-0.15, -0.1) is 11.3 Å². The summed E-state index contributed by atoms with van der Waals surface area (Å²) in [6, 6.07) is 6.36. The summed E-state index contributed by atoms with van der Waals surface area (Å²) in [4.78, 5) is 24.7. The summed E-state index contributed by atoms with van der Waals surface area (Å²) in [5.41, 5.74) is 2.05. The van der Waals surface area contributed by atoms with Crippen molar-refractivity contribution in [3.8, 4) is 0 Å². The van der Waals surface area contributed by atoms with Gasteiger partial charge in [0.15, 0.2) is 5.13 Å². The van der Waals surface area contributed by atoms with Gasteiger partial charge in [-0.3, -0.25) is 19.6 Å². The molecule has 6 heteroatoms. The van der Waals surface area contributed by atoms with Gasteiger partial charge in [0.25, 0.3) is 0 Å². The maximum Gasteiger partial charge on any atom is 0.225 e. The average molecular weight is 332 g/mol. The molecule has 2 aromatic heterocycles. The first kappa shape index (κ1) is 17.6. The number of anilines is 1. The van der Waals surface area contributed by atoms with Gasteiger partial charge in [0.1, 0.15) is 0 Å². The molecule has 0 spiro atoms. The van der Waals surface area contributed by atoms with E-state index in [0.29, 0.717) is 12.6 Å². The SMILES string of the molecule is CCN(C(C)=O)c1nc(CN(Cc2ccccn2)C(C)C)cs1. The van der Waals surface area contributed by atoms with Crippen LogP contribution in [0.4, 0.5) is 5.13 Å². The third-order valence-electron chi connectivity index (χ3n) is 3.65. The van der Waals surface area contributed by atoms with Crippen molar-refractivity contribution in [2.75, 3.05) is 11.4 Å². The Balaban J connectivity index is 2.09.